The predicted octanol–water partition coefficient (Wildman–Crippen LogP) is 2.21. The van der Waals surface area contributed by atoms with Gasteiger partial charge in [0.05, 0.1) is 6.10 Å². The topological polar surface area (TPSA) is 30.5 Å². The normalized spacial score (nSPS) is 38.2. The number of hydrogen-bond donors (Lipinski definition) is 1. The van der Waals surface area contributed by atoms with Gasteiger partial charge in [-0.25, -0.2) is 0 Å². The van der Waals surface area contributed by atoms with Crippen LogP contribution in [0.25, 0.3) is 0 Å². The Balaban J connectivity index is 1.68. The first kappa shape index (κ1) is 12.9. The van der Waals surface area contributed by atoms with Crippen LogP contribution in [0, 0.1) is 17.3 Å². The van der Waals surface area contributed by atoms with Gasteiger partial charge < -0.3 is 14.8 Å². The Morgan fingerprint density at radius 2 is 1.89 bits per heavy atom. The lowest BCUT2D eigenvalue weighted by molar-refractivity contribution is 0.000159. The third-order valence-electron chi connectivity index (χ3n) is 5.12. The summed E-state index contributed by atoms with van der Waals surface area (Å²) in [6.07, 6.45) is 8.43. The van der Waals surface area contributed by atoms with Crippen molar-refractivity contribution in [3.8, 4) is 0 Å². The minimum atomic E-state index is 0.415. The van der Waals surface area contributed by atoms with E-state index in [2.05, 4.69) is 12.4 Å². The summed E-state index contributed by atoms with van der Waals surface area (Å²) in [6.45, 7) is 4.04. The summed E-state index contributed by atoms with van der Waals surface area (Å²) in [5, 5.41) is 3.44. The Labute approximate surface area is 111 Å². The maximum absolute atomic E-state index is 6.12. The average molecular weight is 253 g/mol. The number of hydrogen-bond acceptors (Lipinski definition) is 3. The predicted molar refractivity (Wildman–Crippen MR) is 71.6 cm³/mol. The first-order chi connectivity index (χ1) is 8.84. The highest BCUT2D eigenvalue weighted by Gasteiger charge is 2.51. The van der Waals surface area contributed by atoms with Crippen molar-refractivity contribution >= 4 is 0 Å². The average Bonchev–Trinajstić information content (AvgIpc) is 3.14. The zero-order chi connectivity index (χ0) is 12.4. The van der Waals surface area contributed by atoms with Crippen molar-refractivity contribution in [1.82, 2.24) is 5.32 Å². The fourth-order valence-corrected chi connectivity index (χ4v) is 4.10. The molecule has 0 spiro atoms. The quantitative estimate of drug-likeness (QED) is 0.815. The van der Waals surface area contributed by atoms with Crippen LogP contribution in [0.1, 0.15) is 38.5 Å². The van der Waals surface area contributed by atoms with Crippen molar-refractivity contribution in [3.05, 3.63) is 0 Å². The van der Waals surface area contributed by atoms with Crippen LogP contribution in [0.5, 0.6) is 0 Å². The maximum Gasteiger partial charge on any atom is 0.0672 e. The van der Waals surface area contributed by atoms with Crippen molar-refractivity contribution in [3.63, 3.8) is 0 Å². The Kier molecular flexibility index (Phi) is 3.92. The van der Waals surface area contributed by atoms with E-state index in [1.807, 2.05) is 0 Å². The molecule has 0 aromatic heterocycles. The molecule has 2 unspecified atom stereocenters. The largest absolute Gasteiger partial charge is 0.381 e. The van der Waals surface area contributed by atoms with Gasteiger partial charge in [0.25, 0.3) is 0 Å². The number of ether oxygens (including phenoxy) is 2. The molecule has 1 N–H and O–H groups in total. The van der Waals surface area contributed by atoms with Gasteiger partial charge in [0, 0.05) is 31.8 Å². The Morgan fingerprint density at radius 3 is 2.56 bits per heavy atom. The van der Waals surface area contributed by atoms with E-state index in [-0.39, 0.29) is 0 Å². The Hall–Kier alpha value is -0.120. The van der Waals surface area contributed by atoms with Gasteiger partial charge in [0.2, 0.25) is 0 Å². The Morgan fingerprint density at radius 1 is 1.11 bits per heavy atom. The first-order valence-corrected chi connectivity index (χ1v) is 7.68. The molecule has 2 heterocycles. The fraction of sp³-hybridized carbons (Fsp3) is 1.00. The SMILES string of the molecule is CNCC1(CC2CCOCC2)CCOC1C1CC1. The third kappa shape index (κ3) is 2.59. The molecule has 0 aromatic rings. The lowest BCUT2D eigenvalue weighted by Gasteiger charge is -2.38. The smallest absolute Gasteiger partial charge is 0.0672 e. The van der Waals surface area contributed by atoms with Crippen LogP contribution in [0.4, 0.5) is 0 Å². The minimum Gasteiger partial charge on any atom is -0.381 e. The van der Waals surface area contributed by atoms with Crippen LogP contribution in [0.3, 0.4) is 0 Å². The molecule has 3 nitrogen and oxygen atoms in total. The van der Waals surface area contributed by atoms with E-state index in [4.69, 9.17) is 9.47 Å². The van der Waals surface area contributed by atoms with Crippen molar-refractivity contribution in [2.75, 3.05) is 33.4 Å². The van der Waals surface area contributed by atoms with Gasteiger partial charge in [-0.05, 0) is 57.4 Å². The van der Waals surface area contributed by atoms with Gasteiger partial charge in [0.1, 0.15) is 0 Å². The molecule has 104 valence electrons. The van der Waals surface area contributed by atoms with Gasteiger partial charge in [-0.3, -0.25) is 0 Å². The standard InChI is InChI=1S/C15H27NO2/c1-16-11-15(10-12-4-7-17-8-5-12)6-9-18-14(15)13-2-3-13/h12-14,16H,2-11H2,1H3. The summed E-state index contributed by atoms with van der Waals surface area (Å²) >= 11 is 0. The molecule has 1 aliphatic carbocycles. The maximum atomic E-state index is 6.12. The van der Waals surface area contributed by atoms with E-state index in [0.29, 0.717) is 11.5 Å². The molecule has 2 aliphatic heterocycles. The zero-order valence-corrected chi connectivity index (χ0v) is 11.6. The van der Waals surface area contributed by atoms with E-state index in [0.717, 1.165) is 38.2 Å². The van der Waals surface area contributed by atoms with E-state index in [1.54, 1.807) is 0 Å². The zero-order valence-electron chi connectivity index (χ0n) is 11.6. The second kappa shape index (κ2) is 5.48. The number of rotatable bonds is 5. The van der Waals surface area contributed by atoms with E-state index in [1.165, 1.54) is 38.5 Å². The van der Waals surface area contributed by atoms with Crippen molar-refractivity contribution in [2.45, 2.75) is 44.6 Å². The monoisotopic (exact) mass is 253 g/mol. The van der Waals surface area contributed by atoms with Crippen molar-refractivity contribution in [2.24, 2.45) is 17.3 Å². The second-order valence-electron chi connectivity index (χ2n) is 6.53. The molecule has 3 rings (SSSR count). The highest BCUT2D eigenvalue weighted by Crippen LogP contribution is 2.51. The molecule has 2 saturated heterocycles. The lowest BCUT2D eigenvalue weighted by Crippen LogP contribution is -2.43. The molecular weight excluding hydrogens is 226 g/mol. The molecule has 1 saturated carbocycles. The molecule has 3 fully saturated rings. The van der Waals surface area contributed by atoms with Crippen LogP contribution in [-0.4, -0.2) is 39.5 Å². The van der Waals surface area contributed by atoms with Crippen LogP contribution in [0.15, 0.2) is 0 Å². The summed E-state index contributed by atoms with van der Waals surface area (Å²) < 4.78 is 11.6. The van der Waals surface area contributed by atoms with Gasteiger partial charge in [-0.1, -0.05) is 0 Å². The van der Waals surface area contributed by atoms with Crippen LogP contribution >= 0.6 is 0 Å². The molecule has 0 aromatic carbocycles. The molecule has 18 heavy (non-hydrogen) atoms. The van der Waals surface area contributed by atoms with Gasteiger partial charge in [0.15, 0.2) is 0 Å². The van der Waals surface area contributed by atoms with Crippen LogP contribution in [-0.2, 0) is 9.47 Å². The Bertz CT molecular complexity index is 274. The summed E-state index contributed by atoms with van der Waals surface area (Å²) in [4.78, 5) is 0. The summed E-state index contributed by atoms with van der Waals surface area (Å²) in [7, 11) is 2.09. The molecular formula is C15H27NO2. The second-order valence-corrected chi connectivity index (χ2v) is 6.53. The minimum absolute atomic E-state index is 0.415. The molecule has 3 heteroatoms. The van der Waals surface area contributed by atoms with Crippen LogP contribution in [0.2, 0.25) is 0 Å². The molecule has 0 bridgehead atoms. The van der Waals surface area contributed by atoms with Gasteiger partial charge in [-0.15, -0.1) is 0 Å². The van der Waals surface area contributed by atoms with E-state index >= 15 is 0 Å². The highest BCUT2D eigenvalue weighted by molar-refractivity contribution is 5.01. The third-order valence-corrected chi connectivity index (χ3v) is 5.12. The van der Waals surface area contributed by atoms with Gasteiger partial charge in [-0.2, -0.15) is 0 Å². The lowest BCUT2D eigenvalue weighted by atomic mass is 9.71. The van der Waals surface area contributed by atoms with Gasteiger partial charge >= 0.3 is 0 Å². The number of nitrogens with one attached hydrogen (secondary N) is 1. The van der Waals surface area contributed by atoms with E-state index in [9.17, 15) is 0 Å². The van der Waals surface area contributed by atoms with Crippen LogP contribution < -0.4 is 5.32 Å². The van der Waals surface area contributed by atoms with E-state index < -0.39 is 0 Å². The molecule has 3 aliphatic rings. The van der Waals surface area contributed by atoms with Crippen molar-refractivity contribution < 1.29 is 9.47 Å². The molecule has 2 atom stereocenters. The summed E-state index contributed by atoms with van der Waals surface area (Å²) in [6, 6.07) is 0. The molecule has 0 amide bonds. The molecule has 0 radical (unpaired) electrons. The van der Waals surface area contributed by atoms with Crippen molar-refractivity contribution in [1.29, 1.82) is 0 Å². The fourth-order valence-electron chi connectivity index (χ4n) is 4.10. The summed E-state index contributed by atoms with van der Waals surface area (Å²) in [5.74, 6) is 1.72. The summed E-state index contributed by atoms with van der Waals surface area (Å²) in [5.41, 5.74) is 0.415. The highest BCUT2D eigenvalue weighted by atomic mass is 16.5. The first-order valence-electron chi connectivity index (χ1n) is 7.68.